The Hall–Kier alpha value is -2.70. The monoisotopic (exact) mass is 396 g/mol. The van der Waals surface area contributed by atoms with Crippen LogP contribution < -0.4 is 10.7 Å². The summed E-state index contributed by atoms with van der Waals surface area (Å²) < 4.78 is 0. The zero-order valence-corrected chi connectivity index (χ0v) is 17.4. The molecule has 29 heavy (non-hydrogen) atoms. The minimum absolute atomic E-state index is 0.0162. The number of carbonyl (C=O) groups is 3. The lowest BCUT2D eigenvalue weighted by Crippen LogP contribution is -2.43. The van der Waals surface area contributed by atoms with E-state index in [9.17, 15) is 14.4 Å². The molecule has 4 amide bonds. The van der Waals surface area contributed by atoms with Crippen LogP contribution in [-0.2, 0) is 15.1 Å². The third kappa shape index (κ3) is 2.78. The van der Waals surface area contributed by atoms with Crippen molar-refractivity contribution in [1.29, 1.82) is 0 Å². The third-order valence-electron chi connectivity index (χ3n) is 7.76. The molecule has 1 heterocycles. The summed E-state index contributed by atoms with van der Waals surface area (Å²) in [4.78, 5) is 38.7. The van der Waals surface area contributed by atoms with E-state index >= 15 is 0 Å². The molecule has 1 saturated heterocycles. The standard InChI is InChI=1S/C22H28N4O3/c1-20(2)15-10-11-21(20,3)16(12-15)24-25-17(27)13-26-18(28)22(4,23-19(26)29)14-8-6-5-7-9-14/h5-9,15H,10-13H2,1-4H3,(H,23,29)(H,25,27)/b24-16-. The lowest BCUT2D eigenvalue weighted by molar-refractivity contribution is -0.134. The Balaban J connectivity index is 1.44. The Morgan fingerprint density at radius 2 is 1.90 bits per heavy atom. The molecule has 3 fully saturated rings. The number of hydrogen-bond acceptors (Lipinski definition) is 4. The van der Waals surface area contributed by atoms with E-state index in [4.69, 9.17) is 0 Å². The molecule has 0 radical (unpaired) electrons. The molecule has 3 unspecified atom stereocenters. The number of hydrogen-bond donors (Lipinski definition) is 2. The van der Waals surface area contributed by atoms with Gasteiger partial charge in [-0.1, -0.05) is 51.1 Å². The number of nitrogens with zero attached hydrogens (tertiary/aromatic N) is 2. The van der Waals surface area contributed by atoms with Crippen LogP contribution in [0.15, 0.2) is 35.4 Å². The van der Waals surface area contributed by atoms with E-state index in [1.807, 2.05) is 18.2 Å². The van der Waals surface area contributed by atoms with E-state index in [-0.39, 0.29) is 17.4 Å². The Morgan fingerprint density at radius 1 is 1.21 bits per heavy atom. The molecule has 3 atom stereocenters. The highest BCUT2D eigenvalue weighted by Crippen LogP contribution is 2.63. The van der Waals surface area contributed by atoms with Crippen LogP contribution in [0.3, 0.4) is 0 Å². The number of imide groups is 1. The Morgan fingerprint density at radius 3 is 2.48 bits per heavy atom. The number of fused-ring (bicyclic) bond motifs is 2. The fourth-order valence-corrected chi connectivity index (χ4v) is 5.21. The van der Waals surface area contributed by atoms with E-state index < -0.39 is 23.4 Å². The van der Waals surface area contributed by atoms with Crippen molar-refractivity contribution in [3.63, 3.8) is 0 Å². The molecule has 1 aromatic carbocycles. The first-order valence-electron chi connectivity index (χ1n) is 10.1. The summed E-state index contributed by atoms with van der Waals surface area (Å²) >= 11 is 0. The predicted molar refractivity (Wildman–Crippen MR) is 109 cm³/mol. The average molecular weight is 396 g/mol. The van der Waals surface area contributed by atoms with Crippen molar-refractivity contribution in [2.45, 2.75) is 52.5 Å². The van der Waals surface area contributed by atoms with Gasteiger partial charge in [0.2, 0.25) is 0 Å². The molecule has 1 aliphatic heterocycles. The van der Waals surface area contributed by atoms with Gasteiger partial charge in [0.1, 0.15) is 12.1 Å². The smallest absolute Gasteiger partial charge is 0.319 e. The van der Waals surface area contributed by atoms with Crippen molar-refractivity contribution in [2.75, 3.05) is 6.54 Å². The largest absolute Gasteiger partial charge is 0.325 e. The molecule has 2 N–H and O–H groups in total. The Bertz CT molecular complexity index is 910. The minimum Gasteiger partial charge on any atom is -0.319 e. The van der Waals surface area contributed by atoms with Gasteiger partial charge in [-0.2, -0.15) is 5.10 Å². The van der Waals surface area contributed by atoms with Gasteiger partial charge in [0.05, 0.1) is 0 Å². The van der Waals surface area contributed by atoms with Gasteiger partial charge in [-0.3, -0.25) is 14.5 Å². The molecule has 4 rings (SSSR count). The van der Waals surface area contributed by atoms with Gasteiger partial charge < -0.3 is 5.32 Å². The molecule has 154 valence electrons. The summed E-state index contributed by atoms with van der Waals surface area (Å²) in [7, 11) is 0. The molecule has 1 aromatic rings. The highest BCUT2D eigenvalue weighted by Gasteiger charge is 2.60. The van der Waals surface area contributed by atoms with Gasteiger partial charge >= 0.3 is 6.03 Å². The van der Waals surface area contributed by atoms with Crippen molar-refractivity contribution in [3.05, 3.63) is 35.9 Å². The van der Waals surface area contributed by atoms with E-state index in [0.717, 1.165) is 23.5 Å². The minimum atomic E-state index is -1.17. The fourth-order valence-electron chi connectivity index (χ4n) is 5.21. The Labute approximate surface area is 170 Å². The normalized spacial score (nSPS) is 34.0. The predicted octanol–water partition coefficient (Wildman–Crippen LogP) is 2.77. The zero-order valence-electron chi connectivity index (χ0n) is 17.4. The van der Waals surface area contributed by atoms with Gasteiger partial charge in [0.25, 0.3) is 11.8 Å². The second-order valence-electron chi connectivity index (χ2n) is 9.40. The van der Waals surface area contributed by atoms with E-state index in [2.05, 4.69) is 36.6 Å². The molecule has 0 spiro atoms. The molecular formula is C22H28N4O3. The lowest BCUT2D eigenvalue weighted by Gasteiger charge is -2.34. The van der Waals surface area contributed by atoms with Crippen LogP contribution >= 0.6 is 0 Å². The van der Waals surface area contributed by atoms with Gasteiger partial charge in [0.15, 0.2) is 0 Å². The number of benzene rings is 1. The molecule has 2 aliphatic carbocycles. The number of hydrazone groups is 1. The van der Waals surface area contributed by atoms with Crippen LogP contribution in [0, 0.1) is 16.7 Å². The van der Waals surface area contributed by atoms with Gasteiger partial charge in [-0.15, -0.1) is 0 Å². The molecule has 7 heteroatoms. The quantitative estimate of drug-likeness (QED) is 0.606. The SMILES string of the molecule is CC1(c2ccccc2)NC(=O)N(CC(=O)N/N=C2/CC3CCC2(C)C3(C)C)C1=O. The number of amides is 4. The van der Waals surface area contributed by atoms with Gasteiger partial charge in [-0.25, -0.2) is 10.2 Å². The van der Waals surface area contributed by atoms with Crippen molar-refractivity contribution >= 4 is 23.6 Å². The first-order valence-corrected chi connectivity index (χ1v) is 10.1. The van der Waals surface area contributed by atoms with Gasteiger partial charge in [-0.05, 0) is 43.1 Å². The van der Waals surface area contributed by atoms with Crippen molar-refractivity contribution in [1.82, 2.24) is 15.6 Å². The van der Waals surface area contributed by atoms with Crippen molar-refractivity contribution < 1.29 is 14.4 Å². The summed E-state index contributed by atoms with van der Waals surface area (Å²) in [5, 5.41) is 7.12. The summed E-state index contributed by atoms with van der Waals surface area (Å²) in [6, 6.07) is 8.45. The number of nitrogens with one attached hydrogen (secondary N) is 2. The number of carbonyl (C=O) groups excluding carboxylic acids is 3. The molecule has 2 bridgehead atoms. The maximum Gasteiger partial charge on any atom is 0.325 e. The second kappa shape index (κ2) is 6.40. The summed E-state index contributed by atoms with van der Waals surface area (Å²) in [6.07, 6.45) is 3.15. The number of rotatable bonds is 4. The zero-order chi connectivity index (χ0) is 21.0. The highest BCUT2D eigenvalue weighted by atomic mass is 16.2. The Kier molecular flexibility index (Phi) is 4.33. The maximum absolute atomic E-state index is 12.9. The highest BCUT2D eigenvalue weighted by molar-refractivity contribution is 6.09. The van der Waals surface area contributed by atoms with Crippen LogP contribution in [-0.4, -0.2) is 35.0 Å². The van der Waals surface area contributed by atoms with Crippen LogP contribution in [0.2, 0.25) is 0 Å². The fraction of sp³-hybridized carbons (Fsp3) is 0.545. The second-order valence-corrected chi connectivity index (χ2v) is 9.40. The third-order valence-corrected chi connectivity index (χ3v) is 7.76. The molecular weight excluding hydrogens is 368 g/mol. The first kappa shape index (κ1) is 19.6. The summed E-state index contributed by atoms with van der Waals surface area (Å²) in [6.45, 7) is 8.05. The summed E-state index contributed by atoms with van der Waals surface area (Å²) in [5.41, 5.74) is 3.25. The maximum atomic E-state index is 12.9. The lowest BCUT2D eigenvalue weighted by atomic mass is 9.70. The molecule has 7 nitrogen and oxygen atoms in total. The average Bonchev–Trinajstić information content (AvgIpc) is 3.13. The topological polar surface area (TPSA) is 90.9 Å². The summed E-state index contributed by atoms with van der Waals surface area (Å²) in [5.74, 6) is -0.326. The van der Waals surface area contributed by atoms with Crippen LogP contribution in [0.4, 0.5) is 4.79 Å². The van der Waals surface area contributed by atoms with Crippen LogP contribution in [0.1, 0.15) is 52.5 Å². The van der Waals surface area contributed by atoms with Crippen molar-refractivity contribution in [2.24, 2.45) is 21.8 Å². The first-order chi connectivity index (χ1) is 13.6. The number of urea groups is 1. The van der Waals surface area contributed by atoms with Crippen molar-refractivity contribution in [3.8, 4) is 0 Å². The van der Waals surface area contributed by atoms with E-state index in [1.165, 1.54) is 6.42 Å². The van der Waals surface area contributed by atoms with Crippen LogP contribution in [0.5, 0.6) is 0 Å². The molecule has 2 saturated carbocycles. The van der Waals surface area contributed by atoms with Gasteiger partial charge in [0, 0.05) is 11.1 Å². The molecule has 3 aliphatic rings. The van der Waals surface area contributed by atoms with E-state index in [0.29, 0.717) is 11.5 Å². The van der Waals surface area contributed by atoms with E-state index in [1.54, 1.807) is 19.1 Å². The molecule has 0 aromatic heterocycles. The van der Waals surface area contributed by atoms with Crippen LogP contribution in [0.25, 0.3) is 0 Å².